The second kappa shape index (κ2) is 12.7. The summed E-state index contributed by atoms with van der Waals surface area (Å²) >= 11 is 0. The fourth-order valence-corrected chi connectivity index (χ4v) is 5.86. The molecule has 208 valence electrons. The van der Waals surface area contributed by atoms with E-state index in [4.69, 9.17) is 4.74 Å². The number of carbonyl (C=O) groups is 3. The number of carboxylic acid groups (broad SMARTS) is 1. The van der Waals surface area contributed by atoms with E-state index in [0.29, 0.717) is 23.8 Å². The third-order valence-electron chi connectivity index (χ3n) is 8.09. The molecule has 2 fully saturated rings. The molecule has 3 aliphatic heterocycles. The maximum atomic E-state index is 13.5. The number of likely N-dealkylation sites (tertiary alicyclic amines) is 1. The Bertz CT molecular complexity index is 1160. The van der Waals surface area contributed by atoms with Gasteiger partial charge in [-0.3, -0.25) is 24.3 Å². The molecule has 0 unspecified atom stereocenters. The Kier molecular flexibility index (Phi) is 8.91. The van der Waals surface area contributed by atoms with Crippen LogP contribution in [-0.2, 0) is 20.7 Å². The first-order valence-electron chi connectivity index (χ1n) is 14.0. The smallest absolute Gasteiger partial charge is 0.335 e. The van der Waals surface area contributed by atoms with Crippen molar-refractivity contribution in [3.63, 3.8) is 0 Å². The molecule has 0 aliphatic carbocycles. The zero-order valence-electron chi connectivity index (χ0n) is 22.5. The fourth-order valence-electron chi connectivity index (χ4n) is 5.86. The topological polar surface area (TPSA) is 93.6 Å². The van der Waals surface area contributed by atoms with Gasteiger partial charge >= 0.3 is 5.97 Å². The molecular formula is C30H38N4O5. The first-order chi connectivity index (χ1) is 19.0. The Morgan fingerprint density at radius 2 is 1.64 bits per heavy atom. The minimum atomic E-state index is -1.05. The number of morpholine rings is 1. The third kappa shape index (κ3) is 6.84. The number of benzene rings is 2. The lowest BCUT2D eigenvalue weighted by Crippen LogP contribution is -2.52. The second-order valence-corrected chi connectivity index (χ2v) is 10.8. The molecule has 9 heteroatoms. The summed E-state index contributed by atoms with van der Waals surface area (Å²) in [6, 6.07) is 15.2. The molecule has 2 aromatic carbocycles. The van der Waals surface area contributed by atoms with Crippen LogP contribution in [0.4, 0.5) is 11.4 Å². The summed E-state index contributed by atoms with van der Waals surface area (Å²) in [5.41, 5.74) is 2.56. The number of aromatic carboxylic acids is 1. The van der Waals surface area contributed by atoms with Crippen molar-refractivity contribution < 1.29 is 24.2 Å². The van der Waals surface area contributed by atoms with Gasteiger partial charge in [0.15, 0.2) is 0 Å². The molecule has 0 radical (unpaired) electrons. The fraction of sp³-hybridized carbons (Fsp3) is 0.500. The Morgan fingerprint density at radius 1 is 0.897 bits per heavy atom. The van der Waals surface area contributed by atoms with Crippen molar-refractivity contribution in [1.82, 2.24) is 9.80 Å². The lowest BCUT2D eigenvalue weighted by Gasteiger charge is -2.38. The van der Waals surface area contributed by atoms with Crippen LogP contribution in [0.15, 0.2) is 48.5 Å². The van der Waals surface area contributed by atoms with Gasteiger partial charge in [0.25, 0.3) is 0 Å². The van der Waals surface area contributed by atoms with Crippen LogP contribution < -0.4 is 9.80 Å². The minimum Gasteiger partial charge on any atom is -0.478 e. The van der Waals surface area contributed by atoms with Crippen LogP contribution in [0.25, 0.3) is 0 Å². The zero-order chi connectivity index (χ0) is 27.2. The normalized spacial score (nSPS) is 19.2. The maximum absolute atomic E-state index is 13.5. The number of anilines is 2. The van der Waals surface area contributed by atoms with E-state index in [-0.39, 0.29) is 30.5 Å². The number of carboxylic acids is 1. The summed E-state index contributed by atoms with van der Waals surface area (Å²) in [6.07, 6.45) is 3.89. The highest BCUT2D eigenvalue weighted by Crippen LogP contribution is 2.35. The van der Waals surface area contributed by atoms with Crippen LogP contribution >= 0.6 is 0 Å². The zero-order valence-corrected chi connectivity index (χ0v) is 22.5. The van der Waals surface area contributed by atoms with Crippen LogP contribution in [0.2, 0.25) is 0 Å². The van der Waals surface area contributed by atoms with Gasteiger partial charge in [-0.25, -0.2) is 4.79 Å². The van der Waals surface area contributed by atoms with Gasteiger partial charge in [0.05, 0.1) is 36.7 Å². The van der Waals surface area contributed by atoms with Crippen LogP contribution in [0, 0.1) is 5.92 Å². The van der Waals surface area contributed by atoms with Crippen molar-refractivity contribution in [3.8, 4) is 0 Å². The summed E-state index contributed by atoms with van der Waals surface area (Å²) in [5, 5.41) is 9.60. The quantitative estimate of drug-likeness (QED) is 0.529. The standard InChI is InChI=1S/C30H38N4O5/c35-28(21-32-13-9-24(10-14-32)19-23-5-2-1-3-6-23)34-22-29(36)33(12-4-11-31-15-17-39-18-16-31)26-8-7-25(30(37)38)20-27(26)34/h1-3,5-8,20,24H,4,9-19,21-22H2,(H,37,38). The highest BCUT2D eigenvalue weighted by molar-refractivity contribution is 6.12. The van der Waals surface area contributed by atoms with Crippen LogP contribution in [0.5, 0.6) is 0 Å². The molecule has 2 amide bonds. The predicted molar refractivity (Wildman–Crippen MR) is 149 cm³/mol. The van der Waals surface area contributed by atoms with E-state index < -0.39 is 5.97 Å². The lowest BCUT2D eigenvalue weighted by atomic mass is 9.90. The van der Waals surface area contributed by atoms with Crippen molar-refractivity contribution in [2.24, 2.45) is 5.92 Å². The summed E-state index contributed by atoms with van der Waals surface area (Å²) in [7, 11) is 0. The Morgan fingerprint density at radius 3 is 2.36 bits per heavy atom. The molecule has 2 saturated heterocycles. The molecule has 0 aromatic heterocycles. The molecule has 0 saturated carbocycles. The molecule has 5 rings (SSSR count). The highest BCUT2D eigenvalue weighted by atomic mass is 16.5. The lowest BCUT2D eigenvalue weighted by molar-refractivity contribution is -0.123. The molecule has 0 atom stereocenters. The van der Waals surface area contributed by atoms with Crippen LogP contribution in [-0.4, -0.2) is 98.3 Å². The van der Waals surface area contributed by atoms with E-state index in [2.05, 4.69) is 34.1 Å². The monoisotopic (exact) mass is 534 g/mol. The van der Waals surface area contributed by atoms with Crippen LogP contribution in [0.1, 0.15) is 35.2 Å². The summed E-state index contributed by atoms with van der Waals surface area (Å²) < 4.78 is 5.41. The van der Waals surface area contributed by atoms with E-state index in [9.17, 15) is 19.5 Å². The van der Waals surface area contributed by atoms with Crippen molar-refractivity contribution in [2.75, 3.05) is 75.4 Å². The Balaban J connectivity index is 1.23. The Hall–Kier alpha value is -3.27. The Labute approximate surface area is 229 Å². The van der Waals surface area contributed by atoms with Crippen LogP contribution in [0.3, 0.4) is 0 Å². The van der Waals surface area contributed by atoms with Crippen molar-refractivity contribution in [1.29, 1.82) is 0 Å². The van der Waals surface area contributed by atoms with E-state index in [1.165, 1.54) is 22.6 Å². The van der Waals surface area contributed by atoms with Gasteiger partial charge in [0, 0.05) is 26.2 Å². The number of amides is 2. The second-order valence-electron chi connectivity index (χ2n) is 10.8. The highest BCUT2D eigenvalue weighted by Gasteiger charge is 2.34. The van der Waals surface area contributed by atoms with Gasteiger partial charge in [0.1, 0.15) is 6.54 Å². The summed E-state index contributed by atoms with van der Waals surface area (Å²) in [6.45, 7) is 6.43. The molecule has 9 nitrogen and oxygen atoms in total. The van der Waals surface area contributed by atoms with Gasteiger partial charge in [-0.15, -0.1) is 0 Å². The van der Waals surface area contributed by atoms with Crippen molar-refractivity contribution in [3.05, 3.63) is 59.7 Å². The minimum absolute atomic E-state index is 0.0725. The number of fused-ring (bicyclic) bond motifs is 1. The van der Waals surface area contributed by atoms with Gasteiger partial charge in [0.2, 0.25) is 11.8 Å². The average Bonchev–Trinajstić information content (AvgIpc) is 2.96. The number of carbonyl (C=O) groups excluding carboxylic acids is 2. The van der Waals surface area contributed by atoms with E-state index in [0.717, 1.165) is 71.6 Å². The number of hydrogen-bond acceptors (Lipinski definition) is 6. The first kappa shape index (κ1) is 27.3. The summed E-state index contributed by atoms with van der Waals surface area (Å²) in [5.74, 6) is -0.759. The predicted octanol–water partition coefficient (Wildman–Crippen LogP) is 2.74. The molecule has 3 aliphatic rings. The van der Waals surface area contributed by atoms with Gasteiger partial charge < -0.3 is 14.7 Å². The molecule has 0 spiro atoms. The number of piperidine rings is 1. The third-order valence-corrected chi connectivity index (χ3v) is 8.09. The van der Waals surface area contributed by atoms with Gasteiger partial charge in [-0.05, 0) is 68.5 Å². The molecule has 3 heterocycles. The van der Waals surface area contributed by atoms with Gasteiger partial charge in [-0.2, -0.15) is 0 Å². The van der Waals surface area contributed by atoms with Gasteiger partial charge in [-0.1, -0.05) is 30.3 Å². The molecule has 39 heavy (non-hydrogen) atoms. The van der Waals surface area contributed by atoms with Crippen molar-refractivity contribution >= 4 is 29.2 Å². The molecular weight excluding hydrogens is 496 g/mol. The number of rotatable bonds is 9. The van der Waals surface area contributed by atoms with E-state index in [1.807, 2.05) is 6.07 Å². The molecule has 0 bridgehead atoms. The molecule has 2 aromatic rings. The number of nitrogens with zero attached hydrogens (tertiary/aromatic N) is 4. The number of hydrogen-bond donors (Lipinski definition) is 1. The maximum Gasteiger partial charge on any atom is 0.335 e. The largest absolute Gasteiger partial charge is 0.478 e. The van der Waals surface area contributed by atoms with E-state index >= 15 is 0 Å². The first-order valence-corrected chi connectivity index (χ1v) is 14.0. The SMILES string of the molecule is O=C(O)c1ccc2c(c1)N(C(=O)CN1CCC(Cc3ccccc3)CC1)CC(=O)N2CCCN1CCOCC1. The van der Waals surface area contributed by atoms with Crippen molar-refractivity contribution in [2.45, 2.75) is 25.7 Å². The average molecular weight is 535 g/mol. The molecule has 1 N–H and O–H groups in total. The summed E-state index contributed by atoms with van der Waals surface area (Å²) in [4.78, 5) is 46.2. The van der Waals surface area contributed by atoms with E-state index in [1.54, 1.807) is 11.0 Å². The number of ether oxygens (including phenoxy) is 1.